The minimum Gasteiger partial charge on any atom is -0.353 e. The Kier molecular flexibility index (Phi) is 6.65. The number of amides is 1. The number of guanidine groups is 1. The fourth-order valence-corrected chi connectivity index (χ4v) is 2.42. The van der Waals surface area contributed by atoms with E-state index in [0.717, 1.165) is 22.9 Å². The number of hydrogen-bond acceptors (Lipinski definition) is 2. The minimum atomic E-state index is 0.0210. The lowest BCUT2D eigenvalue weighted by Gasteiger charge is -2.18. The Morgan fingerprint density at radius 1 is 1.26 bits per heavy atom. The van der Waals surface area contributed by atoms with E-state index in [1.807, 2.05) is 24.3 Å². The molecule has 0 saturated carbocycles. The summed E-state index contributed by atoms with van der Waals surface area (Å²) in [6.07, 6.45) is 6.30. The lowest BCUT2D eigenvalue weighted by Crippen LogP contribution is -2.46. The van der Waals surface area contributed by atoms with Gasteiger partial charge in [-0.3, -0.25) is 4.79 Å². The highest BCUT2D eigenvalue weighted by atomic mass is 79.9. The maximum Gasteiger partial charge on any atom is 0.241 e. The molecule has 0 heterocycles. The molecule has 0 unspecified atom stereocenters. The van der Waals surface area contributed by atoms with E-state index in [2.05, 4.69) is 43.7 Å². The van der Waals surface area contributed by atoms with Gasteiger partial charge in [0.25, 0.3) is 0 Å². The van der Waals surface area contributed by atoms with Crippen molar-refractivity contribution in [3.63, 3.8) is 0 Å². The largest absolute Gasteiger partial charge is 0.353 e. The number of carbonyl (C=O) groups is 1. The van der Waals surface area contributed by atoms with Crippen LogP contribution in [0, 0.1) is 0 Å². The Bertz CT molecular complexity index is 573. The van der Waals surface area contributed by atoms with E-state index in [1.54, 1.807) is 19.0 Å². The van der Waals surface area contributed by atoms with Crippen LogP contribution < -0.4 is 10.6 Å². The Morgan fingerprint density at radius 3 is 2.52 bits per heavy atom. The van der Waals surface area contributed by atoms with Crippen LogP contribution >= 0.6 is 15.9 Å². The molecule has 5 nitrogen and oxygen atoms in total. The van der Waals surface area contributed by atoms with Crippen molar-refractivity contribution < 1.29 is 4.79 Å². The molecule has 0 bridgehead atoms. The Hall–Kier alpha value is -1.82. The summed E-state index contributed by atoms with van der Waals surface area (Å²) in [4.78, 5) is 17.9. The zero-order chi connectivity index (χ0) is 16.7. The fraction of sp³-hybridized carbons (Fsp3) is 0.412. The van der Waals surface area contributed by atoms with E-state index in [9.17, 15) is 4.79 Å². The summed E-state index contributed by atoms with van der Waals surface area (Å²) in [6.45, 7) is 0.804. The van der Waals surface area contributed by atoms with Crippen LogP contribution in [0.15, 0.2) is 45.9 Å². The van der Waals surface area contributed by atoms with E-state index < -0.39 is 0 Å². The molecule has 1 amide bonds. The summed E-state index contributed by atoms with van der Waals surface area (Å²) >= 11 is 3.43. The molecular formula is C17H23BrN4O. The number of likely N-dealkylation sites (N-methyl/N-ethyl adjacent to an activating group) is 1. The second kappa shape index (κ2) is 8.72. The van der Waals surface area contributed by atoms with Gasteiger partial charge in [-0.1, -0.05) is 40.2 Å². The zero-order valence-electron chi connectivity index (χ0n) is 13.6. The Morgan fingerprint density at radius 2 is 1.91 bits per heavy atom. The summed E-state index contributed by atoms with van der Waals surface area (Å²) in [7, 11) is 3.49. The van der Waals surface area contributed by atoms with Crippen molar-refractivity contribution in [1.82, 2.24) is 15.5 Å². The lowest BCUT2D eigenvalue weighted by molar-refractivity contribution is -0.127. The van der Waals surface area contributed by atoms with Gasteiger partial charge in [0.15, 0.2) is 5.96 Å². The highest BCUT2D eigenvalue weighted by Gasteiger charge is 2.13. The molecule has 0 aliphatic heterocycles. The van der Waals surface area contributed by atoms with Gasteiger partial charge in [-0.2, -0.15) is 0 Å². The summed E-state index contributed by atoms with van der Waals surface area (Å²) in [6, 6.07) is 8.42. The van der Waals surface area contributed by atoms with E-state index >= 15 is 0 Å². The van der Waals surface area contributed by atoms with E-state index in [4.69, 9.17) is 0 Å². The maximum atomic E-state index is 11.8. The van der Waals surface area contributed by atoms with Crippen LogP contribution in [0.5, 0.6) is 0 Å². The van der Waals surface area contributed by atoms with Gasteiger partial charge in [0, 0.05) is 24.6 Å². The van der Waals surface area contributed by atoms with Gasteiger partial charge in [-0.05, 0) is 30.5 Å². The zero-order valence-corrected chi connectivity index (χ0v) is 15.1. The second-order valence-electron chi connectivity index (χ2n) is 5.72. The predicted octanol–water partition coefficient (Wildman–Crippen LogP) is 2.29. The first-order valence-corrected chi connectivity index (χ1v) is 8.48. The van der Waals surface area contributed by atoms with Crippen molar-refractivity contribution in [3.8, 4) is 0 Å². The Labute approximate surface area is 146 Å². The van der Waals surface area contributed by atoms with Gasteiger partial charge in [0.05, 0.1) is 13.1 Å². The summed E-state index contributed by atoms with van der Waals surface area (Å²) in [5.74, 6) is 0.699. The van der Waals surface area contributed by atoms with Crippen LogP contribution in [-0.4, -0.2) is 43.4 Å². The van der Waals surface area contributed by atoms with Crippen LogP contribution in [0.2, 0.25) is 0 Å². The third-order valence-electron chi connectivity index (χ3n) is 3.59. The molecule has 1 aromatic rings. The van der Waals surface area contributed by atoms with Crippen LogP contribution in [0.4, 0.5) is 0 Å². The molecule has 124 valence electrons. The first kappa shape index (κ1) is 17.5. The van der Waals surface area contributed by atoms with E-state index in [-0.39, 0.29) is 12.5 Å². The van der Waals surface area contributed by atoms with Gasteiger partial charge in [0.2, 0.25) is 5.91 Å². The van der Waals surface area contributed by atoms with Crippen molar-refractivity contribution in [1.29, 1.82) is 0 Å². The van der Waals surface area contributed by atoms with Crippen molar-refractivity contribution in [2.24, 2.45) is 4.99 Å². The molecule has 0 fully saturated rings. The first-order valence-electron chi connectivity index (χ1n) is 7.69. The normalized spacial score (nSPS) is 14.8. The fourth-order valence-electron chi connectivity index (χ4n) is 2.16. The minimum absolute atomic E-state index is 0.0210. The third-order valence-corrected chi connectivity index (χ3v) is 4.12. The molecular weight excluding hydrogens is 356 g/mol. The second-order valence-corrected chi connectivity index (χ2v) is 6.63. The number of nitrogens with one attached hydrogen (secondary N) is 2. The SMILES string of the molecule is CN(C)C(=O)CNC(=NCc1ccc(Br)cc1)NC1CC=CC1. The van der Waals surface area contributed by atoms with Gasteiger partial charge in [-0.25, -0.2) is 4.99 Å². The molecule has 23 heavy (non-hydrogen) atoms. The number of halogens is 1. The third kappa shape index (κ3) is 6.06. The highest BCUT2D eigenvalue weighted by molar-refractivity contribution is 9.10. The average Bonchev–Trinajstić information content (AvgIpc) is 3.04. The number of nitrogens with zero attached hydrogens (tertiary/aromatic N) is 2. The van der Waals surface area contributed by atoms with Crippen LogP contribution in [0.3, 0.4) is 0 Å². The van der Waals surface area contributed by atoms with Crippen molar-refractivity contribution in [2.75, 3.05) is 20.6 Å². The smallest absolute Gasteiger partial charge is 0.241 e. The van der Waals surface area contributed by atoms with Crippen molar-refractivity contribution in [2.45, 2.75) is 25.4 Å². The summed E-state index contributed by atoms with van der Waals surface area (Å²) in [5.41, 5.74) is 1.12. The quantitative estimate of drug-likeness (QED) is 0.469. The first-order chi connectivity index (χ1) is 11.0. The average molecular weight is 379 g/mol. The molecule has 0 radical (unpaired) electrons. The van der Waals surface area contributed by atoms with E-state index in [0.29, 0.717) is 18.5 Å². The monoisotopic (exact) mass is 378 g/mol. The van der Waals surface area contributed by atoms with Crippen molar-refractivity contribution >= 4 is 27.8 Å². The molecule has 6 heteroatoms. The van der Waals surface area contributed by atoms with E-state index in [1.165, 1.54) is 0 Å². The van der Waals surface area contributed by atoms with Crippen LogP contribution in [-0.2, 0) is 11.3 Å². The lowest BCUT2D eigenvalue weighted by atomic mass is 10.2. The standard InChI is InChI=1S/C17H23BrN4O/c1-22(2)16(23)12-20-17(21-15-5-3-4-6-15)19-11-13-7-9-14(18)10-8-13/h3-4,7-10,15H,5-6,11-12H2,1-2H3,(H2,19,20,21). The molecule has 1 aliphatic carbocycles. The molecule has 0 atom stereocenters. The molecule has 2 rings (SSSR count). The number of carbonyl (C=O) groups excluding carboxylic acids is 1. The molecule has 1 aliphatic rings. The van der Waals surface area contributed by atoms with Crippen molar-refractivity contribution in [3.05, 3.63) is 46.5 Å². The van der Waals surface area contributed by atoms with Crippen LogP contribution in [0.1, 0.15) is 18.4 Å². The van der Waals surface area contributed by atoms with Gasteiger partial charge in [0.1, 0.15) is 0 Å². The number of aliphatic imine (C=N–C) groups is 1. The number of hydrogen-bond donors (Lipinski definition) is 2. The number of rotatable bonds is 5. The predicted molar refractivity (Wildman–Crippen MR) is 97.3 cm³/mol. The summed E-state index contributed by atoms with van der Waals surface area (Å²) < 4.78 is 1.05. The van der Waals surface area contributed by atoms with Gasteiger partial charge >= 0.3 is 0 Å². The maximum absolute atomic E-state index is 11.8. The topological polar surface area (TPSA) is 56.7 Å². The highest BCUT2D eigenvalue weighted by Crippen LogP contribution is 2.11. The summed E-state index contributed by atoms with van der Waals surface area (Å²) in [5, 5.41) is 6.51. The molecule has 0 aromatic heterocycles. The number of benzene rings is 1. The molecule has 0 spiro atoms. The van der Waals surface area contributed by atoms with Gasteiger partial charge in [-0.15, -0.1) is 0 Å². The Balaban J connectivity index is 1.97. The molecule has 2 N–H and O–H groups in total. The van der Waals surface area contributed by atoms with Crippen LogP contribution in [0.25, 0.3) is 0 Å². The van der Waals surface area contributed by atoms with Gasteiger partial charge < -0.3 is 15.5 Å². The molecule has 0 saturated heterocycles. The molecule has 1 aromatic carbocycles.